The third-order valence-corrected chi connectivity index (χ3v) is 4.23. The number of hydrogen-bond donors (Lipinski definition) is 0. The standard InChI is InChI=1S/C18H15ClO3/c1-10(20)17(11(2)21)18-13-5-3-4-6-15(13)22-16-8-7-12(19)9-14(16)18/h3-9,17-18H,1-2H3/t18-/m1/s1. The average molecular weight is 315 g/mol. The van der Waals surface area contributed by atoms with Crippen molar-refractivity contribution in [1.82, 2.24) is 0 Å². The van der Waals surface area contributed by atoms with Gasteiger partial charge in [0, 0.05) is 22.1 Å². The third kappa shape index (κ3) is 2.42. The molecule has 0 saturated heterocycles. The van der Waals surface area contributed by atoms with Crippen LogP contribution in [0.3, 0.4) is 0 Å². The van der Waals surface area contributed by atoms with Crippen LogP contribution < -0.4 is 4.74 Å². The van der Waals surface area contributed by atoms with Crippen LogP contribution in [0.15, 0.2) is 42.5 Å². The molecular weight excluding hydrogens is 300 g/mol. The predicted octanol–water partition coefficient (Wildman–Crippen LogP) is 4.37. The van der Waals surface area contributed by atoms with Crippen LogP contribution in [-0.2, 0) is 9.59 Å². The van der Waals surface area contributed by atoms with Gasteiger partial charge in [-0.25, -0.2) is 0 Å². The van der Waals surface area contributed by atoms with Crippen molar-refractivity contribution in [2.75, 3.05) is 0 Å². The number of para-hydroxylation sites is 1. The van der Waals surface area contributed by atoms with Gasteiger partial charge in [-0.05, 0) is 38.1 Å². The fraction of sp³-hybridized carbons (Fsp3) is 0.222. The predicted molar refractivity (Wildman–Crippen MR) is 84.7 cm³/mol. The Morgan fingerprint density at radius 1 is 1.00 bits per heavy atom. The number of hydrogen-bond acceptors (Lipinski definition) is 3. The first-order valence-corrected chi connectivity index (χ1v) is 7.44. The lowest BCUT2D eigenvalue weighted by Crippen LogP contribution is -2.29. The number of fused-ring (bicyclic) bond motifs is 2. The van der Waals surface area contributed by atoms with Gasteiger partial charge in [0.25, 0.3) is 0 Å². The first kappa shape index (κ1) is 14.8. The number of carbonyl (C=O) groups excluding carboxylic acids is 2. The molecule has 0 aromatic heterocycles. The number of carbonyl (C=O) groups is 2. The van der Waals surface area contributed by atoms with E-state index in [4.69, 9.17) is 16.3 Å². The lowest BCUT2D eigenvalue weighted by molar-refractivity contribution is -0.130. The summed E-state index contributed by atoms with van der Waals surface area (Å²) in [5, 5.41) is 0.553. The largest absolute Gasteiger partial charge is 0.457 e. The van der Waals surface area contributed by atoms with E-state index in [1.807, 2.05) is 24.3 Å². The zero-order valence-electron chi connectivity index (χ0n) is 12.3. The number of halogens is 1. The van der Waals surface area contributed by atoms with Gasteiger partial charge in [-0.15, -0.1) is 0 Å². The number of ketones is 2. The summed E-state index contributed by atoms with van der Waals surface area (Å²) in [6.07, 6.45) is 0. The van der Waals surface area contributed by atoms with E-state index < -0.39 is 5.92 Å². The van der Waals surface area contributed by atoms with Crippen molar-refractivity contribution in [2.24, 2.45) is 5.92 Å². The zero-order valence-corrected chi connectivity index (χ0v) is 13.1. The van der Waals surface area contributed by atoms with Crippen molar-refractivity contribution < 1.29 is 14.3 Å². The summed E-state index contributed by atoms with van der Waals surface area (Å²) in [5.74, 6) is -0.0911. The molecule has 2 aromatic carbocycles. The third-order valence-electron chi connectivity index (χ3n) is 3.99. The Bertz CT molecular complexity index is 753. The van der Waals surface area contributed by atoms with Crippen LogP contribution in [0, 0.1) is 5.92 Å². The van der Waals surface area contributed by atoms with Gasteiger partial charge in [-0.3, -0.25) is 9.59 Å². The second-order valence-electron chi connectivity index (χ2n) is 5.50. The molecule has 2 aromatic rings. The lowest BCUT2D eigenvalue weighted by atomic mass is 9.75. The van der Waals surface area contributed by atoms with Crippen LogP contribution in [0.4, 0.5) is 0 Å². The molecule has 0 saturated carbocycles. The van der Waals surface area contributed by atoms with E-state index in [9.17, 15) is 9.59 Å². The highest BCUT2D eigenvalue weighted by Gasteiger charge is 2.38. The van der Waals surface area contributed by atoms with Crippen LogP contribution in [-0.4, -0.2) is 11.6 Å². The van der Waals surface area contributed by atoms with Crippen molar-refractivity contribution >= 4 is 23.2 Å². The van der Waals surface area contributed by atoms with Crippen molar-refractivity contribution in [1.29, 1.82) is 0 Å². The van der Waals surface area contributed by atoms with Gasteiger partial charge < -0.3 is 4.74 Å². The summed E-state index contributed by atoms with van der Waals surface area (Å²) in [6, 6.07) is 12.8. The molecule has 0 radical (unpaired) electrons. The second-order valence-corrected chi connectivity index (χ2v) is 5.94. The van der Waals surface area contributed by atoms with Gasteiger partial charge in [0.15, 0.2) is 0 Å². The van der Waals surface area contributed by atoms with Crippen molar-refractivity contribution in [3.63, 3.8) is 0 Å². The highest BCUT2D eigenvalue weighted by atomic mass is 35.5. The van der Waals surface area contributed by atoms with Gasteiger partial charge in [-0.1, -0.05) is 29.8 Å². The van der Waals surface area contributed by atoms with Crippen molar-refractivity contribution in [3.05, 3.63) is 58.6 Å². The molecule has 1 aliphatic heterocycles. The molecule has 0 amide bonds. The molecular formula is C18H15ClO3. The minimum atomic E-state index is -0.734. The van der Waals surface area contributed by atoms with Gasteiger partial charge in [0.1, 0.15) is 23.1 Å². The fourth-order valence-electron chi connectivity index (χ4n) is 3.09. The van der Waals surface area contributed by atoms with Gasteiger partial charge >= 0.3 is 0 Å². The van der Waals surface area contributed by atoms with Crippen LogP contribution in [0.2, 0.25) is 5.02 Å². The summed E-state index contributed by atoms with van der Waals surface area (Å²) in [5.41, 5.74) is 1.62. The molecule has 0 spiro atoms. The van der Waals surface area contributed by atoms with Crippen LogP contribution in [0.25, 0.3) is 0 Å². The monoisotopic (exact) mass is 314 g/mol. The van der Waals surface area contributed by atoms with Crippen molar-refractivity contribution in [2.45, 2.75) is 19.8 Å². The van der Waals surface area contributed by atoms with Crippen molar-refractivity contribution in [3.8, 4) is 11.5 Å². The molecule has 3 rings (SSSR count). The summed E-state index contributed by atoms with van der Waals surface area (Å²) in [4.78, 5) is 24.2. The van der Waals surface area contributed by atoms with E-state index in [1.54, 1.807) is 18.2 Å². The second kappa shape index (κ2) is 5.58. The molecule has 1 aliphatic rings. The van der Waals surface area contributed by atoms with E-state index in [2.05, 4.69) is 0 Å². The molecule has 0 fully saturated rings. The first-order chi connectivity index (χ1) is 10.5. The summed E-state index contributed by atoms with van der Waals surface area (Å²) in [7, 11) is 0. The summed E-state index contributed by atoms with van der Waals surface area (Å²) < 4.78 is 5.89. The summed E-state index contributed by atoms with van der Waals surface area (Å²) >= 11 is 6.11. The topological polar surface area (TPSA) is 43.4 Å². The zero-order chi connectivity index (χ0) is 15.9. The maximum absolute atomic E-state index is 12.1. The molecule has 0 N–H and O–H groups in total. The Balaban J connectivity index is 2.25. The quantitative estimate of drug-likeness (QED) is 0.790. The van der Waals surface area contributed by atoms with Gasteiger partial charge in [0.05, 0.1) is 5.92 Å². The van der Waals surface area contributed by atoms with Crippen LogP contribution in [0.1, 0.15) is 30.9 Å². The lowest BCUT2D eigenvalue weighted by Gasteiger charge is -2.31. The Kier molecular flexibility index (Phi) is 3.75. The van der Waals surface area contributed by atoms with E-state index >= 15 is 0 Å². The molecule has 1 heterocycles. The molecule has 112 valence electrons. The highest BCUT2D eigenvalue weighted by Crippen LogP contribution is 2.48. The average Bonchev–Trinajstić information content (AvgIpc) is 2.46. The number of rotatable bonds is 3. The van der Waals surface area contributed by atoms with Gasteiger partial charge in [0.2, 0.25) is 0 Å². The maximum atomic E-state index is 12.1. The number of Topliss-reactive ketones (excluding diaryl/α,β-unsaturated/α-hetero) is 2. The van der Waals surface area contributed by atoms with Crippen LogP contribution >= 0.6 is 11.6 Å². The van der Waals surface area contributed by atoms with E-state index in [-0.39, 0.29) is 17.5 Å². The Hall–Kier alpha value is -2.13. The van der Waals surface area contributed by atoms with Crippen LogP contribution in [0.5, 0.6) is 11.5 Å². The highest BCUT2D eigenvalue weighted by molar-refractivity contribution is 6.30. The summed E-state index contributed by atoms with van der Waals surface area (Å²) in [6.45, 7) is 2.91. The minimum absolute atomic E-state index is 0.153. The van der Waals surface area contributed by atoms with E-state index in [0.29, 0.717) is 16.5 Å². The SMILES string of the molecule is CC(=O)C(C(C)=O)[C@@H]1c2ccccc2Oc2ccc(Cl)cc21. The number of benzene rings is 2. The number of ether oxygens (including phenoxy) is 1. The molecule has 0 unspecified atom stereocenters. The normalized spacial score (nSPS) is 15.7. The molecule has 4 heteroatoms. The smallest absolute Gasteiger partial charge is 0.141 e. The molecule has 0 bridgehead atoms. The minimum Gasteiger partial charge on any atom is -0.457 e. The molecule has 22 heavy (non-hydrogen) atoms. The molecule has 1 atom stereocenters. The Morgan fingerprint density at radius 3 is 2.32 bits per heavy atom. The Morgan fingerprint density at radius 2 is 1.64 bits per heavy atom. The molecule has 0 aliphatic carbocycles. The Labute approximate surface area is 133 Å². The van der Waals surface area contributed by atoms with E-state index in [1.165, 1.54) is 13.8 Å². The maximum Gasteiger partial charge on any atom is 0.141 e. The van der Waals surface area contributed by atoms with E-state index in [0.717, 1.165) is 11.1 Å². The molecule has 3 nitrogen and oxygen atoms in total. The fourth-order valence-corrected chi connectivity index (χ4v) is 3.27. The van der Waals surface area contributed by atoms with Gasteiger partial charge in [-0.2, -0.15) is 0 Å². The first-order valence-electron chi connectivity index (χ1n) is 7.06.